The van der Waals surface area contributed by atoms with E-state index in [-0.39, 0.29) is 4.90 Å². The second-order valence-corrected chi connectivity index (χ2v) is 8.18. The SMILES string of the molecule is COc1cccc(NS(=O)(=O)c2cc(-c3nc(C)cs3)n(C)c2C)c1. The Kier molecular flexibility index (Phi) is 4.57. The highest BCUT2D eigenvalue weighted by molar-refractivity contribution is 7.92. The number of aromatic nitrogens is 2. The van der Waals surface area contributed by atoms with Crippen molar-refractivity contribution in [3.05, 3.63) is 47.1 Å². The lowest BCUT2D eigenvalue weighted by atomic mass is 10.3. The van der Waals surface area contributed by atoms with Crippen molar-refractivity contribution in [2.24, 2.45) is 7.05 Å². The van der Waals surface area contributed by atoms with Gasteiger partial charge in [0.1, 0.15) is 15.7 Å². The fourth-order valence-corrected chi connectivity index (χ4v) is 4.70. The summed E-state index contributed by atoms with van der Waals surface area (Å²) in [5.74, 6) is 0.587. The number of nitrogens with zero attached hydrogens (tertiary/aromatic N) is 2. The molecule has 1 aromatic carbocycles. The normalized spacial score (nSPS) is 11.5. The maximum atomic E-state index is 12.8. The van der Waals surface area contributed by atoms with E-state index in [9.17, 15) is 8.42 Å². The van der Waals surface area contributed by atoms with Gasteiger partial charge in [0, 0.05) is 29.9 Å². The Balaban J connectivity index is 2.00. The zero-order valence-electron chi connectivity index (χ0n) is 14.4. The first-order valence-electron chi connectivity index (χ1n) is 7.57. The van der Waals surface area contributed by atoms with E-state index in [1.165, 1.54) is 18.4 Å². The molecule has 3 aromatic rings. The van der Waals surface area contributed by atoms with Crippen molar-refractivity contribution < 1.29 is 13.2 Å². The topological polar surface area (TPSA) is 73.2 Å². The van der Waals surface area contributed by atoms with Gasteiger partial charge in [-0.2, -0.15) is 0 Å². The van der Waals surface area contributed by atoms with E-state index in [0.29, 0.717) is 17.1 Å². The second-order valence-electron chi connectivity index (χ2n) is 5.67. The van der Waals surface area contributed by atoms with Crippen LogP contribution in [0.5, 0.6) is 5.75 Å². The van der Waals surface area contributed by atoms with E-state index in [2.05, 4.69) is 9.71 Å². The number of sulfonamides is 1. The van der Waals surface area contributed by atoms with Gasteiger partial charge < -0.3 is 9.30 Å². The molecule has 2 aromatic heterocycles. The lowest BCUT2D eigenvalue weighted by Crippen LogP contribution is -2.13. The molecule has 2 heterocycles. The number of rotatable bonds is 5. The fraction of sp³-hybridized carbons (Fsp3) is 0.235. The Bertz CT molecular complexity index is 1020. The zero-order valence-corrected chi connectivity index (χ0v) is 16.0. The number of nitrogens with one attached hydrogen (secondary N) is 1. The highest BCUT2D eigenvalue weighted by Crippen LogP contribution is 2.31. The minimum atomic E-state index is -3.72. The molecule has 8 heteroatoms. The number of ether oxygens (including phenoxy) is 1. The summed E-state index contributed by atoms with van der Waals surface area (Å²) in [6.07, 6.45) is 0. The third kappa shape index (κ3) is 3.40. The average molecular weight is 377 g/mol. The van der Waals surface area contributed by atoms with Gasteiger partial charge >= 0.3 is 0 Å². The first-order chi connectivity index (χ1) is 11.8. The molecular weight excluding hydrogens is 358 g/mol. The van der Waals surface area contributed by atoms with E-state index in [1.54, 1.807) is 37.3 Å². The first kappa shape index (κ1) is 17.5. The largest absolute Gasteiger partial charge is 0.497 e. The van der Waals surface area contributed by atoms with E-state index in [1.807, 2.05) is 23.9 Å². The van der Waals surface area contributed by atoms with Gasteiger partial charge in [-0.05, 0) is 32.0 Å². The van der Waals surface area contributed by atoms with Gasteiger partial charge in [-0.25, -0.2) is 13.4 Å². The number of hydrogen-bond donors (Lipinski definition) is 1. The van der Waals surface area contributed by atoms with E-state index in [0.717, 1.165) is 16.4 Å². The lowest BCUT2D eigenvalue weighted by Gasteiger charge is -2.09. The number of aryl methyl sites for hydroxylation is 1. The summed E-state index contributed by atoms with van der Waals surface area (Å²) in [4.78, 5) is 4.69. The number of benzene rings is 1. The van der Waals surface area contributed by atoms with Crippen molar-refractivity contribution in [1.82, 2.24) is 9.55 Å². The van der Waals surface area contributed by atoms with Crippen LogP contribution >= 0.6 is 11.3 Å². The standard InChI is InChI=1S/C17H19N3O3S2/c1-11-10-24-17(18-11)15-9-16(12(2)20(15)3)25(21,22)19-13-6-5-7-14(8-13)23-4/h5-10,19H,1-4H3. The molecule has 0 unspecified atom stereocenters. The van der Waals surface area contributed by atoms with Crippen molar-refractivity contribution in [3.63, 3.8) is 0 Å². The first-order valence-corrected chi connectivity index (χ1v) is 9.94. The Morgan fingerprint density at radius 2 is 2.00 bits per heavy atom. The van der Waals surface area contributed by atoms with Gasteiger partial charge in [0.05, 0.1) is 18.5 Å². The molecule has 0 aliphatic carbocycles. The molecule has 0 amide bonds. The van der Waals surface area contributed by atoms with Crippen LogP contribution in [0, 0.1) is 13.8 Å². The van der Waals surface area contributed by atoms with Crippen LogP contribution in [0.3, 0.4) is 0 Å². The molecule has 0 aliphatic rings. The number of anilines is 1. The molecule has 6 nitrogen and oxygen atoms in total. The number of methoxy groups -OCH3 is 1. The van der Waals surface area contributed by atoms with Gasteiger partial charge in [-0.1, -0.05) is 6.07 Å². The van der Waals surface area contributed by atoms with Gasteiger partial charge in [-0.3, -0.25) is 4.72 Å². The second kappa shape index (κ2) is 6.53. The quantitative estimate of drug-likeness (QED) is 0.738. The van der Waals surface area contributed by atoms with Crippen LogP contribution in [0.15, 0.2) is 40.6 Å². The van der Waals surface area contributed by atoms with Crippen LogP contribution in [0.2, 0.25) is 0 Å². The molecule has 0 saturated heterocycles. The minimum absolute atomic E-state index is 0.237. The molecule has 1 N–H and O–H groups in total. The average Bonchev–Trinajstić information content (AvgIpc) is 3.12. The molecule has 0 spiro atoms. The third-order valence-electron chi connectivity index (χ3n) is 3.94. The summed E-state index contributed by atoms with van der Waals surface area (Å²) >= 11 is 1.49. The van der Waals surface area contributed by atoms with E-state index in [4.69, 9.17) is 4.74 Å². The summed E-state index contributed by atoms with van der Waals surface area (Å²) in [7, 11) is -0.343. The molecule has 3 rings (SSSR count). The van der Waals surface area contributed by atoms with Crippen LogP contribution < -0.4 is 9.46 Å². The van der Waals surface area contributed by atoms with E-state index >= 15 is 0 Å². The van der Waals surface area contributed by atoms with Crippen molar-refractivity contribution in [2.45, 2.75) is 18.7 Å². The maximum Gasteiger partial charge on any atom is 0.263 e. The molecule has 132 valence electrons. The molecule has 0 radical (unpaired) electrons. The minimum Gasteiger partial charge on any atom is -0.497 e. The molecule has 0 saturated carbocycles. The Hall–Kier alpha value is -2.32. The summed E-state index contributed by atoms with van der Waals surface area (Å²) in [6.45, 7) is 3.70. The molecule has 0 atom stereocenters. The fourth-order valence-electron chi connectivity index (χ4n) is 2.52. The lowest BCUT2D eigenvalue weighted by molar-refractivity contribution is 0.415. The predicted octanol–water partition coefficient (Wildman–Crippen LogP) is 3.57. The van der Waals surface area contributed by atoms with Gasteiger partial charge in [0.2, 0.25) is 0 Å². The van der Waals surface area contributed by atoms with Gasteiger partial charge in [0.15, 0.2) is 0 Å². The van der Waals surface area contributed by atoms with Crippen LogP contribution in [0.1, 0.15) is 11.4 Å². The monoisotopic (exact) mass is 377 g/mol. The number of hydrogen-bond acceptors (Lipinski definition) is 5. The summed E-state index contributed by atoms with van der Waals surface area (Å²) in [5.41, 5.74) is 2.80. The van der Waals surface area contributed by atoms with Crippen LogP contribution in [0.25, 0.3) is 10.7 Å². The maximum absolute atomic E-state index is 12.8. The van der Waals surface area contributed by atoms with Gasteiger partial charge in [-0.15, -0.1) is 11.3 Å². The molecule has 0 bridgehead atoms. The highest BCUT2D eigenvalue weighted by Gasteiger charge is 2.23. The van der Waals surface area contributed by atoms with Crippen molar-refractivity contribution in [3.8, 4) is 16.5 Å². The highest BCUT2D eigenvalue weighted by atomic mass is 32.2. The summed E-state index contributed by atoms with van der Waals surface area (Å²) < 4.78 is 35.3. The summed E-state index contributed by atoms with van der Waals surface area (Å²) in [6, 6.07) is 8.48. The summed E-state index contributed by atoms with van der Waals surface area (Å²) in [5, 5.41) is 2.74. The zero-order chi connectivity index (χ0) is 18.2. The number of thiazole rings is 1. The van der Waals surface area contributed by atoms with Crippen LogP contribution in [0.4, 0.5) is 5.69 Å². The third-order valence-corrected chi connectivity index (χ3v) is 6.42. The Morgan fingerprint density at radius 1 is 1.24 bits per heavy atom. The van der Waals surface area contributed by atoms with Crippen LogP contribution in [-0.4, -0.2) is 25.1 Å². The Morgan fingerprint density at radius 3 is 2.64 bits per heavy atom. The van der Waals surface area contributed by atoms with Gasteiger partial charge in [0.25, 0.3) is 10.0 Å². The molecule has 25 heavy (non-hydrogen) atoms. The molecule has 0 fully saturated rings. The smallest absolute Gasteiger partial charge is 0.263 e. The van der Waals surface area contributed by atoms with E-state index < -0.39 is 10.0 Å². The molecular formula is C17H19N3O3S2. The van der Waals surface area contributed by atoms with Crippen LogP contribution in [-0.2, 0) is 17.1 Å². The predicted molar refractivity (Wildman–Crippen MR) is 99.8 cm³/mol. The molecule has 0 aliphatic heterocycles. The Labute approximate surface area is 151 Å². The van der Waals surface area contributed by atoms with Crippen molar-refractivity contribution in [2.75, 3.05) is 11.8 Å². The van der Waals surface area contributed by atoms with Crippen molar-refractivity contribution >= 4 is 27.0 Å². The van der Waals surface area contributed by atoms with Crippen molar-refractivity contribution in [1.29, 1.82) is 0 Å².